The highest BCUT2D eigenvalue weighted by atomic mass is 32.2. The standard InChI is InChI=1S/C12H12N2O6S/c1-7-4-8(14-20-7)6-13-21(18,19)9-2-3-11(15)10(5-9)12(16)17/h2-5,13,15H,6H2,1H3,(H,16,17). The highest BCUT2D eigenvalue weighted by Crippen LogP contribution is 2.21. The second kappa shape index (κ2) is 5.54. The Hall–Kier alpha value is -2.39. The maximum Gasteiger partial charge on any atom is 0.339 e. The van der Waals surface area contributed by atoms with E-state index in [1.807, 2.05) is 0 Å². The minimum atomic E-state index is -3.93. The van der Waals surface area contributed by atoms with Crippen LogP contribution < -0.4 is 4.72 Å². The van der Waals surface area contributed by atoms with Gasteiger partial charge in [0.05, 0.1) is 17.1 Å². The number of aromatic hydroxyl groups is 1. The van der Waals surface area contributed by atoms with Crippen molar-refractivity contribution in [2.75, 3.05) is 0 Å². The van der Waals surface area contributed by atoms with Crippen molar-refractivity contribution in [3.8, 4) is 5.75 Å². The number of hydrogen-bond acceptors (Lipinski definition) is 6. The molecule has 1 heterocycles. The first-order valence-electron chi connectivity index (χ1n) is 5.78. The SMILES string of the molecule is Cc1cc(CNS(=O)(=O)c2ccc(O)c(C(=O)O)c2)no1. The largest absolute Gasteiger partial charge is 0.507 e. The second-order valence-corrected chi connectivity index (χ2v) is 6.00. The number of nitrogens with zero attached hydrogens (tertiary/aromatic N) is 1. The zero-order valence-corrected chi connectivity index (χ0v) is 11.7. The van der Waals surface area contributed by atoms with Crippen LogP contribution in [-0.2, 0) is 16.6 Å². The average molecular weight is 312 g/mol. The molecule has 3 N–H and O–H groups in total. The van der Waals surface area contributed by atoms with E-state index in [-0.39, 0.29) is 11.4 Å². The Morgan fingerprint density at radius 3 is 2.67 bits per heavy atom. The Morgan fingerprint density at radius 1 is 1.38 bits per heavy atom. The van der Waals surface area contributed by atoms with Crippen LogP contribution in [-0.4, -0.2) is 29.8 Å². The Kier molecular flexibility index (Phi) is 3.96. The van der Waals surface area contributed by atoms with Gasteiger partial charge in [-0.1, -0.05) is 5.16 Å². The van der Waals surface area contributed by atoms with Crippen LogP contribution in [0.15, 0.2) is 33.7 Å². The molecule has 0 atom stereocenters. The van der Waals surface area contributed by atoms with E-state index in [2.05, 4.69) is 9.88 Å². The van der Waals surface area contributed by atoms with Gasteiger partial charge in [0.1, 0.15) is 17.1 Å². The predicted molar refractivity (Wildman–Crippen MR) is 70.3 cm³/mol. The van der Waals surface area contributed by atoms with Gasteiger partial charge in [0, 0.05) is 6.07 Å². The number of nitrogens with one attached hydrogen (secondary N) is 1. The Labute approximate surface area is 120 Å². The van der Waals surface area contributed by atoms with Gasteiger partial charge in [0.25, 0.3) is 0 Å². The first-order valence-corrected chi connectivity index (χ1v) is 7.26. The molecule has 1 aromatic carbocycles. The number of aromatic carboxylic acids is 1. The summed E-state index contributed by atoms with van der Waals surface area (Å²) in [5.74, 6) is -1.38. The smallest absolute Gasteiger partial charge is 0.339 e. The van der Waals surface area contributed by atoms with E-state index >= 15 is 0 Å². The van der Waals surface area contributed by atoms with Crippen LogP contribution in [0.5, 0.6) is 5.75 Å². The third-order valence-corrected chi connectivity index (χ3v) is 4.03. The summed E-state index contributed by atoms with van der Waals surface area (Å²) < 4.78 is 31.2. The van der Waals surface area contributed by atoms with Gasteiger partial charge < -0.3 is 14.7 Å². The molecule has 1 aromatic heterocycles. The van der Waals surface area contributed by atoms with Gasteiger partial charge in [0.15, 0.2) is 0 Å². The van der Waals surface area contributed by atoms with E-state index < -0.39 is 27.3 Å². The lowest BCUT2D eigenvalue weighted by Gasteiger charge is -2.07. The van der Waals surface area contributed by atoms with Crippen molar-refractivity contribution in [2.45, 2.75) is 18.4 Å². The summed E-state index contributed by atoms with van der Waals surface area (Å²) in [6.45, 7) is 1.58. The molecule has 0 saturated heterocycles. The van der Waals surface area contributed by atoms with Gasteiger partial charge in [0.2, 0.25) is 10.0 Å². The second-order valence-electron chi connectivity index (χ2n) is 4.24. The average Bonchev–Trinajstić information content (AvgIpc) is 2.82. The molecule has 9 heteroatoms. The minimum absolute atomic E-state index is 0.0943. The van der Waals surface area contributed by atoms with Gasteiger partial charge in [-0.05, 0) is 25.1 Å². The van der Waals surface area contributed by atoms with Crippen molar-refractivity contribution in [1.29, 1.82) is 0 Å². The maximum absolute atomic E-state index is 12.1. The number of rotatable bonds is 5. The molecule has 0 saturated carbocycles. The molecule has 8 nitrogen and oxygen atoms in total. The molecule has 2 rings (SSSR count). The van der Waals surface area contributed by atoms with Crippen molar-refractivity contribution in [3.63, 3.8) is 0 Å². The number of hydrogen-bond donors (Lipinski definition) is 3. The van der Waals surface area contributed by atoms with Crippen LogP contribution in [0.4, 0.5) is 0 Å². The molecule has 0 spiro atoms. The lowest BCUT2D eigenvalue weighted by atomic mass is 10.2. The normalized spacial score (nSPS) is 11.5. The van der Waals surface area contributed by atoms with Crippen LogP contribution in [0.2, 0.25) is 0 Å². The molecule has 0 aliphatic heterocycles. The Morgan fingerprint density at radius 2 is 2.10 bits per heavy atom. The number of carbonyl (C=O) groups is 1. The summed E-state index contributed by atoms with van der Waals surface area (Å²) in [5, 5.41) is 21.9. The molecule has 21 heavy (non-hydrogen) atoms. The van der Waals surface area contributed by atoms with E-state index in [1.165, 1.54) is 0 Å². The lowest BCUT2D eigenvalue weighted by molar-refractivity contribution is 0.0693. The molecule has 0 aliphatic rings. The fourth-order valence-electron chi connectivity index (χ4n) is 1.61. The van der Waals surface area contributed by atoms with E-state index in [0.717, 1.165) is 18.2 Å². The van der Waals surface area contributed by atoms with Crippen LogP contribution in [0.1, 0.15) is 21.8 Å². The number of sulfonamides is 1. The van der Waals surface area contributed by atoms with Gasteiger partial charge in [-0.2, -0.15) is 0 Å². The molecule has 112 valence electrons. The summed E-state index contributed by atoms with van der Waals surface area (Å²) in [4.78, 5) is 10.6. The fraction of sp³-hybridized carbons (Fsp3) is 0.167. The maximum atomic E-state index is 12.1. The predicted octanol–water partition coefficient (Wildman–Crippen LogP) is 0.865. The monoisotopic (exact) mass is 312 g/mol. The minimum Gasteiger partial charge on any atom is -0.507 e. The van der Waals surface area contributed by atoms with Gasteiger partial charge in [-0.3, -0.25) is 0 Å². The van der Waals surface area contributed by atoms with Crippen molar-refractivity contribution >= 4 is 16.0 Å². The number of benzene rings is 1. The molecular weight excluding hydrogens is 300 g/mol. The number of aromatic nitrogens is 1. The first kappa shape index (κ1) is 15.0. The molecule has 0 radical (unpaired) electrons. The van der Waals surface area contributed by atoms with Crippen LogP contribution in [0.3, 0.4) is 0 Å². The molecule has 0 bridgehead atoms. The van der Waals surface area contributed by atoms with E-state index in [1.54, 1.807) is 13.0 Å². The fourth-order valence-corrected chi connectivity index (χ4v) is 2.63. The zero-order valence-electron chi connectivity index (χ0n) is 10.9. The van der Waals surface area contributed by atoms with Gasteiger partial charge in [-0.25, -0.2) is 17.9 Å². The number of carboxylic acid groups (broad SMARTS) is 1. The van der Waals surface area contributed by atoms with Crippen LogP contribution >= 0.6 is 0 Å². The summed E-state index contributed by atoms with van der Waals surface area (Å²) in [5.41, 5.74) is -0.0940. The molecule has 0 amide bonds. The summed E-state index contributed by atoms with van der Waals surface area (Å²) in [6, 6.07) is 4.58. The van der Waals surface area contributed by atoms with Crippen molar-refractivity contribution < 1.29 is 27.9 Å². The summed E-state index contributed by atoms with van der Waals surface area (Å²) in [7, 11) is -3.93. The van der Waals surface area contributed by atoms with E-state index in [4.69, 9.17) is 9.63 Å². The van der Waals surface area contributed by atoms with Gasteiger partial charge >= 0.3 is 5.97 Å². The first-order chi connectivity index (χ1) is 9.79. The lowest BCUT2D eigenvalue weighted by Crippen LogP contribution is -2.23. The highest BCUT2D eigenvalue weighted by Gasteiger charge is 2.19. The van der Waals surface area contributed by atoms with Crippen molar-refractivity contribution in [1.82, 2.24) is 9.88 Å². The number of aryl methyl sites for hydroxylation is 1. The van der Waals surface area contributed by atoms with E-state index in [0.29, 0.717) is 11.5 Å². The topological polar surface area (TPSA) is 130 Å². The highest BCUT2D eigenvalue weighted by molar-refractivity contribution is 7.89. The molecule has 2 aromatic rings. The molecule has 0 fully saturated rings. The summed E-state index contributed by atoms with van der Waals surface area (Å²) in [6.07, 6.45) is 0. The molecular formula is C12H12N2O6S. The third kappa shape index (κ3) is 3.38. The zero-order chi connectivity index (χ0) is 15.6. The number of phenols is 1. The van der Waals surface area contributed by atoms with Gasteiger partial charge in [-0.15, -0.1) is 0 Å². The van der Waals surface area contributed by atoms with Crippen LogP contribution in [0, 0.1) is 6.92 Å². The van der Waals surface area contributed by atoms with E-state index in [9.17, 15) is 18.3 Å². The third-order valence-electron chi connectivity index (χ3n) is 2.63. The Bertz CT molecular complexity index is 781. The van der Waals surface area contributed by atoms with Crippen molar-refractivity contribution in [2.24, 2.45) is 0 Å². The summed E-state index contributed by atoms with van der Waals surface area (Å²) >= 11 is 0. The quantitative estimate of drug-likeness (QED) is 0.746. The molecule has 0 aliphatic carbocycles. The Balaban J connectivity index is 2.23. The van der Waals surface area contributed by atoms with Crippen molar-refractivity contribution in [3.05, 3.63) is 41.3 Å². The molecule has 0 unspecified atom stereocenters. The number of carboxylic acids is 1. The van der Waals surface area contributed by atoms with Crippen LogP contribution in [0.25, 0.3) is 0 Å².